The van der Waals surface area contributed by atoms with Gasteiger partial charge in [0.1, 0.15) is 11.9 Å². The van der Waals surface area contributed by atoms with Crippen LogP contribution in [0.1, 0.15) is 34.7 Å². The number of para-hydroxylation sites is 1. The van der Waals surface area contributed by atoms with Gasteiger partial charge in [-0.1, -0.05) is 29.8 Å². The number of anilines is 1. The Hall–Kier alpha value is -2.42. The molecule has 1 N–H and O–H groups in total. The predicted molar refractivity (Wildman–Crippen MR) is 99.3 cm³/mol. The molecule has 1 atom stereocenters. The summed E-state index contributed by atoms with van der Waals surface area (Å²) < 4.78 is 5.96. The van der Waals surface area contributed by atoms with Gasteiger partial charge in [-0.2, -0.15) is 0 Å². The van der Waals surface area contributed by atoms with Crippen LogP contribution in [0.3, 0.4) is 0 Å². The fraction of sp³-hybridized carbons (Fsp3) is 0.333. The molecule has 2 aliphatic heterocycles. The summed E-state index contributed by atoms with van der Waals surface area (Å²) in [6.45, 7) is 9.52. The van der Waals surface area contributed by atoms with Crippen molar-refractivity contribution < 1.29 is 4.74 Å². The fourth-order valence-corrected chi connectivity index (χ4v) is 4.05. The van der Waals surface area contributed by atoms with Crippen molar-refractivity contribution in [1.82, 2.24) is 5.32 Å². The van der Waals surface area contributed by atoms with Crippen LogP contribution in [0.5, 0.6) is 5.75 Å². The molecule has 24 heavy (non-hydrogen) atoms. The highest BCUT2D eigenvalue weighted by molar-refractivity contribution is 5.87. The Labute approximate surface area is 143 Å². The summed E-state index contributed by atoms with van der Waals surface area (Å²) in [5.74, 6) is 1.04. The van der Waals surface area contributed by atoms with Gasteiger partial charge in [0.2, 0.25) is 0 Å². The second-order valence-corrected chi connectivity index (χ2v) is 6.88. The van der Waals surface area contributed by atoms with Crippen molar-refractivity contribution >= 4 is 11.4 Å². The molecule has 3 heteroatoms. The van der Waals surface area contributed by atoms with E-state index >= 15 is 0 Å². The molecule has 2 aromatic carbocycles. The van der Waals surface area contributed by atoms with Crippen LogP contribution in [0.25, 0.3) is 5.70 Å². The number of rotatable bonds is 2. The second-order valence-electron chi connectivity index (χ2n) is 6.88. The van der Waals surface area contributed by atoms with Gasteiger partial charge in [0.25, 0.3) is 0 Å². The van der Waals surface area contributed by atoms with Gasteiger partial charge >= 0.3 is 0 Å². The zero-order valence-electron chi connectivity index (χ0n) is 14.8. The Balaban J connectivity index is 1.85. The normalized spacial score (nSPS) is 18.9. The summed E-state index contributed by atoms with van der Waals surface area (Å²) in [5.41, 5.74) is 8.94. The summed E-state index contributed by atoms with van der Waals surface area (Å²) in [4.78, 5) is 2.37. The van der Waals surface area contributed by atoms with Gasteiger partial charge in [-0.3, -0.25) is 0 Å². The van der Waals surface area contributed by atoms with Crippen LogP contribution < -0.4 is 15.0 Å². The van der Waals surface area contributed by atoms with Gasteiger partial charge in [-0.25, -0.2) is 0 Å². The molecule has 0 fully saturated rings. The Morgan fingerprint density at radius 1 is 1.12 bits per heavy atom. The molecule has 0 saturated carbocycles. The van der Waals surface area contributed by atoms with E-state index in [-0.39, 0.29) is 6.17 Å². The minimum atomic E-state index is 0.204. The predicted octanol–water partition coefficient (Wildman–Crippen LogP) is 4.30. The minimum absolute atomic E-state index is 0.204. The van der Waals surface area contributed by atoms with Crippen molar-refractivity contribution in [3.8, 4) is 5.75 Å². The van der Waals surface area contributed by atoms with Crippen molar-refractivity contribution in [1.29, 1.82) is 0 Å². The molecule has 0 radical (unpaired) electrons. The van der Waals surface area contributed by atoms with Crippen molar-refractivity contribution in [2.24, 2.45) is 0 Å². The van der Waals surface area contributed by atoms with E-state index in [1.165, 1.54) is 33.5 Å². The first kappa shape index (κ1) is 15.1. The number of benzene rings is 2. The molecular formula is C21H24N2O. The van der Waals surface area contributed by atoms with Crippen molar-refractivity contribution in [2.75, 3.05) is 11.5 Å². The quantitative estimate of drug-likeness (QED) is 0.893. The SMILES string of the molecule is Cc1cc(C)c(C2=CN[C@@H](C)N2c2cccc3c2OCC3)c(C)c1. The Kier molecular flexibility index (Phi) is 3.52. The van der Waals surface area contributed by atoms with Crippen molar-refractivity contribution in [3.63, 3.8) is 0 Å². The highest BCUT2D eigenvalue weighted by Gasteiger charge is 2.30. The maximum absolute atomic E-state index is 5.96. The summed E-state index contributed by atoms with van der Waals surface area (Å²) >= 11 is 0. The number of nitrogens with zero attached hydrogens (tertiary/aromatic N) is 1. The highest BCUT2D eigenvalue weighted by atomic mass is 16.5. The molecule has 0 bridgehead atoms. The molecule has 0 unspecified atom stereocenters. The third-order valence-corrected chi connectivity index (χ3v) is 4.99. The van der Waals surface area contributed by atoms with Crippen LogP contribution in [0, 0.1) is 20.8 Å². The van der Waals surface area contributed by atoms with Gasteiger partial charge < -0.3 is 15.0 Å². The first-order chi connectivity index (χ1) is 11.6. The lowest BCUT2D eigenvalue weighted by molar-refractivity contribution is 0.357. The summed E-state index contributed by atoms with van der Waals surface area (Å²) in [6, 6.07) is 11.0. The van der Waals surface area contributed by atoms with Crippen LogP contribution in [-0.4, -0.2) is 12.8 Å². The molecule has 124 valence electrons. The zero-order chi connectivity index (χ0) is 16.8. The lowest BCUT2D eigenvalue weighted by Crippen LogP contribution is -2.34. The number of hydrogen-bond acceptors (Lipinski definition) is 3. The lowest BCUT2D eigenvalue weighted by Gasteiger charge is -2.30. The summed E-state index contributed by atoms with van der Waals surface area (Å²) in [5, 5.41) is 3.49. The van der Waals surface area contributed by atoms with Crippen molar-refractivity contribution in [2.45, 2.75) is 40.3 Å². The monoisotopic (exact) mass is 320 g/mol. The molecule has 0 amide bonds. The molecule has 2 aromatic rings. The largest absolute Gasteiger partial charge is 0.491 e. The maximum Gasteiger partial charge on any atom is 0.146 e. The van der Waals surface area contributed by atoms with E-state index in [2.05, 4.69) is 74.4 Å². The average Bonchev–Trinajstić information content (AvgIpc) is 3.13. The number of aryl methyl sites for hydroxylation is 3. The second kappa shape index (κ2) is 5.59. The Bertz CT molecular complexity index is 815. The molecule has 3 nitrogen and oxygen atoms in total. The van der Waals surface area contributed by atoms with Crippen LogP contribution in [0.2, 0.25) is 0 Å². The van der Waals surface area contributed by atoms with Crippen LogP contribution in [0.4, 0.5) is 5.69 Å². The summed E-state index contributed by atoms with van der Waals surface area (Å²) in [6.07, 6.45) is 3.35. The smallest absolute Gasteiger partial charge is 0.146 e. The molecule has 2 aliphatic rings. The molecule has 0 saturated heterocycles. The maximum atomic E-state index is 5.96. The van der Waals surface area contributed by atoms with E-state index in [9.17, 15) is 0 Å². The highest BCUT2D eigenvalue weighted by Crippen LogP contribution is 2.42. The molecule has 4 rings (SSSR count). The third kappa shape index (κ3) is 2.27. The van der Waals surface area contributed by atoms with E-state index < -0.39 is 0 Å². The Morgan fingerprint density at radius 2 is 1.88 bits per heavy atom. The van der Waals surface area contributed by atoms with Gasteiger partial charge in [-0.05, 0) is 50.5 Å². The van der Waals surface area contributed by atoms with E-state index in [1.54, 1.807) is 0 Å². The van der Waals surface area contributed by atoms with Gasteiger partial charge in [0.05, 0.1) is 18.0 Å². The number of hydrogen-bond donors (Lipinski definition) is 1. The van der Waals surface area contributed by atoms with Crippen LogP contribution in [-0.2, 0) is 6.42 Å². The zero-order valence-corrected chi connectivity index (χ0v) is 14.8. The van der Waals surface area contributed by atoms with E-state index in [4.69, 9.17) is 4.74 Å². The van der Waals surface area contributed by atoms with E-state index in [1.807, 2.05) is 0 Å². The molecule has 2 heterocycles. The van der Waals surface area contributed by atoms with E-state index in [0.717, 1.165) is 24.5 Å². The first-order valence-electron chi connectivity index (χ1n) is 8.64. The first-order valence-corrected chi connectivity index (χ1v) is 8.64. The van der Waals surface area contributed by atoms with E-state index in [0.29, 0.717) is 0 Å². The topological polar surface area (TPSA) is 24.5 Å². The number of fused-ring (bicyclic) bond motifs is 1. The molecule has 0 aromatic heterocycles. The van der Waals surface area contributed by atoms with Gasteiger partial charge in [0, 0.05) is 18.2 Å². The number of ether oxygens (including phenoxy) is 1. The fourth-order valence-electron chi connectivity index (χ4n) is 4.05. The standard InChI is InChI=1S/C21H24N2O/c1-13-10-14(2)20(15(3)11-13)19-12-22-16(4)23(19)18-7-5-6-17-8-9-24-21(17)18/h5-7,10-12,16,22H,8-9H2,1-4H3/t16-/m1/s1. The Morgan fingerprint density at radius 3 is 2.62 bits per heavy atom. The third-order valence-electron chi connectivity index (χ3n) is 4.99. The lowest BCUT2D eigenvalue weighted by atomic mass is 9.96. The van der Waals surface area contributed by atoms with Gasteiger partial charge in [-0.15, -0.1) is 0 Å². The molecule has 0 aliphatic carbocycles. The van der Waals surface area contributed by atoms with Crippen molar-refractivity contribution in [3.05, 3.63) is 64.3 Å². The average molecular weight is 320 g/mol. The summed E-state index contributed by atoms with van der Waals surface area (Å²) in [7, 11) is 0. The van der Waals surface area contributed by atoms with Crippen LogP contribution >= 0.6 is 0 Å². The minimum Gasteiger partial charge on any atom is -0.491 e. The van der Waals surface area contributed by atoms with Crippen LogP contribution in [0.15, 0.2) is 36.5 Å². The number of nitrogens with one attached hydrogen (secondary N) is 1. The molecule has 0 spiro atoms. The molecular weight excluding hydrogens is 296 g/mol. The van der Waals surface area contributed by atoms with Gasteiger partial charge in [0.15, 0.2) is 0 Å².